The second-order valence-corrected chi connectivity index (χ2v) is 6.56. The molecule has 0 fully saturated rings. The predicted octanol–water partition coefficient (Wildman–Crippen LogP) is 2.74. The number of guanidine groups is 1. The summed E-state index contributed by atoms with van der Waals surface area (Å²) in [5.74, 6) is 1.59. The van der Waals surface area contributed by atoms with Crippen LogP contribution in [-0.2, 0) is 6.42 Å². The van der Waals surface area contributed by atoms with Gasteiger partial charge in [-0.15, -0.1) is 11.8 Å². The van der Waals surface area contributed by atoms with E-state index in [1.54, 1.807) is 6.33 Å². The molecule has 0 radical (unpaired) electrons. The van der Waals surface area contributed by atoms with E-state index in [4.69, 9.17) is 5.73 Å². The number of hydrogen-bond donors (Lipinski definition) is 3. The summed E-state index contributed by atoms with van der Waals surface area (Å²) < 4.78 is 0. The molecule has 0 saturated carbocycles. The van der Waals surface area contributed by atoms with Gasteiger partial charge >= 0.3 is 0 Å². The second-order valence-electron chi connectivity index (χ2n) is 5.39. The lowest BCUT2D eigenvalue weighted by Gasteiger charge is -2.05. The number of aliphatic imine (C=N–C) groups is 1. The molecule has 1 heterocycles. The fourth-order valence-electron chi connectivity index (χ4n) is 2.06. The number of H-pyrrole nitrogens is 1. The van der Waals surface area contributed by atoms with E-state index in [2.05, 4.69) is 51.5 Å². The van der Waals surface area contributed by atoms with Crippen LogP contribution in [0, 0.1) is 6.92 Å². The van der Waals surface area contributed by atoms with Crippen molar-refractivity contribution in [3.05, 3.63) is 48.0 Å². The van der Waals surface area contributed by atoms with Crippen molar-refractivity contribution >= 4 is 17.7 Å². The highest BCUT2D eigenvalue weighted by atomic mass is 32.2. The highest BCUT2D eigenvalue weighted by Crippen LogP contribution is 2.18. The Morgan fingerprint density at radius 2 is 2.13 bits per heavy atom. The number of aromatic amines is 1. The molecule has 2 aromatic rings. The molecule has 0 aliphatic carbocycles. The van der Waals surface area contributed by atoms with Crippen LogP contribution in [0.1, 0.15) is 24.1 Å². The normalized spacial score (nSPS) is 11.6. The molecule has 23 heavy (non-hydrogen) atoms. The van der Waals surface area contributed by atoms with E-state index in [0.29, 0.717) is 5.96 Å². The van der Waals surface area contributed by atoms with Gasteiger partial charge in [0.2, 0.25) is 0 Å². The summed E-state index contributed by atoms with van der Waals surface area (Å²) in [7, 11) is 0. The number of nitrogens with zero attached hydrogens (tertiary/aromatic N) is 2. The van der Waals surface area contributed by atoms with E-state index in [1.807, 2.05) is 18.0 Å². The zero-order chi connectivity index (χ0) is 16.3. The molecule has 4 N–H and O–H groups in total. The van der Waals surface area contributed by atoms with Gasteiger partial charge in [0, 0.05) is 29.9 Å². The minimum atomic E-state index is 0.537. The Balaban J connectivity index is 1.51. The molecular formula is C17H25N5S. The van der Waals surface area contributed by atoms with Crippen LogP contribution in [-0.4, -0.2) is 34.8 Å². The van der Waals surface area contributed by atoms with Crippen molar-refractivity contribution in [3.63, 3.8) is 0 Å². The lowest BCUT2D eigenvalue weighted by molar-refractivity contribution is 0.754. The standard InChI is InChI=1S/C17H25N5S/c1-14-5-7-16(8-6-14)23-11-3-10-21-17(18)20-9-2-4-15-12-19-13-22-15/h5-8,12-13H,2-4,9-11H2,1H3,(H,19,22)(H3,18,20,21). The highest BCUT2D eigenvalue weighted by molar-refractivity contribution is 7.99. The van der Waals surface area contributed by atoms with E-state index in [9.17, 15) is 0 Å². The molecule has 0 atom stereocenters. The number of thioether (sulfide) groups is 1. The van der Waals surface area contributed by atoms with E-state index in [0.717, 1.165) is 43.8 Å². The molecule has 0 bridgehead atoms. The molecule has 124 valence electrons. The first kappa shape index (κ1) is 17.4. The van der Waals surface area contributed by atoms with Crippen molar-refractivity contribution < 1.29 is 0 Å². The number of rotatable bonds is 9. The smallest absolute Gasteiger partial charge is 0.188 e. The molecule has 6 heteroatoms. The van der Waals surface area contributed by atoms with Crippen LogP contribution in [0.5, 0.6) is 0 Å². The Morgan fingerprint density at radius 1 is 1.30 bits per heavy atom. The first-order valence-corrected chi connectivity index (χ1v) is 8.93. The van der Waals surface area contributed by atoms with Crippen LogP contribution in [0.15, 0.2) is 46.7 Å². The number of aromatic nitrogens is 2. The Kier molecular flexibility index (Phi) is 7.52. The summed E-state index contributed by atoms with van der Waals surface area (Å²) in [5, 5.41) is 3.15. The third kappa shape index (κ3) is 7.23. The topological polar surface area (TPSA) is 79.1 Å². The van der Waals surface area contributed by atoms with Crippen molar-refractivity contribution in [1.29, 1.82) is 0 Å². The van der Waals surface area contributed by atoms with Crippen LogP contribution in [0.2, 0.25) is 0 Å². The third-order valence-electron chi connectivity index (χ3n) is 3.36. The van der Waals surface area contributed by atoms with Gasteiger partial charge in [0.25, 0.3) is 0 Å². The fourth-order valence-corrected chi connectivity index (χ4v) is 2.90. The van der Waals surface area contributed by atoms with Gasteiger partial charge in [-0.2, -0.15) is 0 Å². The summed E-state index contributed by atoms with van der Waals surface area (Å²) in [6, 6.07) is 8.62. The largest absolute Gasteiger partial charge is 0.370 e. The van der Waals surface area contributed by atoms with Gasteiger partial charge in [0.05, 0.1) is 6.33 Å². The molecule has 0 saturated heterocycles. The zero-order valence-electron chi connectivity index (χ0n) is 13.6. The molecular weight excluding hydrogens is 306 g/mol. The van der Waals surface area contributed by atoms with Crippen molar-refractivity contribution in [2.45, 2.75) is 31.1 Å². The Morgan fingerprint density at radius 3 is 2.87 bits per heavy atom. The van der Waals surface area contributed by atoms with E-state index < -0.39 is 0 Å². The lowest BCUT2D eigenvalue weighted by atomic mass is 10.2. The predicted molar refractivity (Wildman–Crippen MR) is 97.9 cm³/mol. The Bertz CT molecular complexity index is 578. The zero-order valence-corrected chi connectivity index (χ0v) is 14.4. The SMILES string of the molecule is Cc1ccc(SCCCN=C(N)NCCCc2cnc[nH]2)cc1. The minimum absolute atomic E-state index is 0.537. The van der Waals surface area contributed by atoms with Gasteiger partial charge in [-0.05, 0) is 44.1 Å². The number of aryl methyl sites for hydroxylation is 2. The molecule has 1 aromatic carbocycles. The van der Waals surface area contributed by atoms with Crippen LogP contribution in [0.4, 0.5) is 0 Å². The maximum atomic E-state index is 5.86. The number of nitrogens with two attached hydrogens (primary N) is 1. The summed E-state index contributed by atoms with van der Waals surface area (Å²) in [4.78, 5) is 12.7. The molecule has 5 nitrogen and oxygen atoms in total. The average molecular weight is 331 g/mol. The van der Waals surface area contributed by atoms with Gasteiger partial charge in [0.1, 0.15) is 0 Å². The van der Waals surface area contributed by atoms with E-state index in [-0.39, 0.29) is 0 Å². The summed E-state index contributed by atoms with van der Waals surface area (Å²) in [5.41, 5.74) is 8.30. The Labute approximate surface area is 142 Å². The molecule has 0 amide bonds. The average Bonchev–Trinajstić information content (AvgIpc) is 3.06. The fraction of sp³-hybridized carbons (Fsp3) is 0.412. The van der Waals surface area contributed by atoms with Gasteiger partial charge in [0.15, 0.2) is 5.96 Å². The van der Waals surface area contributed by atoms with Crippen molar-refractivity contribution in [2.75, 3.05) is 18.8 Å². The van der Waals surface area contributed by atoms with Crippen LogP contribution in [0.25, 0.3) is 0 Å². The number of benzene rings is 1. The molecule has 0 aliphatic rings. The maximum absolute atomic E-state index is 5.86. The number of hydrogen-bond acceptors (Lipinski definition) is 3. The first-order valence-electron chi connectivity index (χ1n) is 7.94. The van der Waals surface area contributed by atoms with Crippen LogP contribution in [0.3, 0.4) is 0 Å². The van der Waals surface area contributed by atoms with Gasteiger partial charge in [-0.3, -0.25) is 4.99 Å². The van der Waals surface area contributed by atoms with Crippen molar-refractivity contribution in [3.8, 4) is 0 Å². The molecule has 1 aromatic heterocycles. The molecule has 2 rings (SSSR count). The second kappa shape index (κ2) is 9.94. The summed E-state index contributed by atoms with van der Waals surface area (Å²) >= 11 is 1.86. The van der Waals surface area contributed by atoms with E-state index in [1.165, 1.54) is 10.5 Å². The van der Waals surface area contributed by atoms with Gasteiger partial charge in [-0.25, -0.2) is 4.98 Å². The van der Waals surface area contributed by atoms with Gasteiger partial charge < -0.3 is 16.0 Å². The summed E-state index contributed by atoms with van der Waals surface area (Å²) in [6.07, 6.45) is 6.54. The first-order chi connectivity index (χ1) is 11.2. The quantitative estimate of drug-likeness (QED) is 0.286. The van der Waals surface area contributed by atoms with Crippen LogP contribution >= 0.6 is 11.8 Å². The van der Waals surface area contributed by atoms with Gasteiger partial charge in [-0.1, -0.05) is 17.7 Å². The third-order valence-corrected chi connectivity index (χ3v) is 4.46. The molecule has 0 unspecified atom stereocenters. The van der Waals surface area contributed by atoms with Crippen LogP contribution < -0.4 is 11.1 Å². The highest BCUT2D eigenvalue weighted by Gasteiger charge is 1.96. The van der Waals surface area contributed by atoms with Crippen molar-refractivity contribution in [2.24, 2.45) is 10.7 Å². The minimum Gasteiger partial charge on any atom is -0.370 e. The summed E-state index contributed by atoms with van der Waals surface area (Å²) in [6.45, 7) is 3.69. The lowest BCUT2D eigenvalue weighted by Crippen LogP contribution is -2.32. The monoisotopic (exact) mass is 331 g/mol. The van der Waals surface area contributed by atoms with Crippen molar-refractivity contribution in [1.82, 2.24) is 15.3 Å². The van der Waals surface area contributed by atoms with E-state index >= 15 is 0 Å². The molecule has 0 aliphatic heterocycles. The number of imidazole rings is 1. The molecule has 0 spiro atoms. The number of nitrogens with one attached hydrogen (secondary N) is 2. The Hall–Kier alpha value is -1.95. The maximum Gasteiger partial charge on any atom is 0.188 e.